The SMILES string of the molecule is Cc1ccc(C2c3ccccc3CCN2C(=O)c2cc(C(F)(F)F)cc(C(F)(F)F)c2)cc1. The minimum atomic E-state index is -5.03. The van der Waals surface area contributed by atoms with Crippen LogP contribution in [0.3, 0.4) is 0 Å². The van der Waals surface area contributed by atoms with Crippen LogP contribution in [0, 0.1) is 6.92 Å². The number of fused-ring (bicyclic) bond motifs is 1. The van der Waals surface area contributed by atoms with Gasteiger partial charge in [0.2, 0.25) is 0 Å². The van der Waals surface area contributed by atoms with Crippen LogP contribution in [0.5, 0.6) is 0 Å². The Morgan fingerprint density at radius 1 is 0.848 bits per heavy atom. The zero-order chi connectivity index (χ0) is 24.0. The van der Waals surface area contributed by atoms with Gasteiger partial charge in [0.1, 0.15) is 0 Å². The highest BCUT2D eigenvalue weighted by atomic mass is 19.4. The van der Waals surface area contributed by atoms with Crippen molar-refractivity contribution < 1.29 is 31.1 Å². The maximum atomic E-state index is 13.4. The van der Waals surface area contributed by atoms with Crippen LogP contribution in [0.1, 0.15) is 49.8 Å². The Labute approximate surface area is 186 Å². The third kappa shape index (κ3) is 4.60. The average molecular weight is 463 g/mol. The Bertz CT molecular complexity index is 1150. The molecular formula is C25H19F6NO. The second-order valence-electron chi connectivity index (χ2n) is 8.06. The number of rotatable bonds is 2. The summed E-state index contributed by atoms with van der Waals surface area (Å²) in [5.41, 5.74) is -0.183. The number of benzene rings is 3. The summed E-state index contributed by atoms with van der Waals surface area (Å²) in [6.07, 6.45) is -9.61. The van der Waals surface area contributed by atoms with E-state index in [-0.39, 0.29) is 12.6 Å². The molecule has 1 heterocycles. The second-order valence-corrected chi connectivity index (χ2v) is 8.06. The van der Waals surface area contributed by atoms with E-state index in [0.29, 0.717) is 18.6 Å². The first-order valence-electron chi connectivity index (χ1n) is 10.2. The maximum absolute atomic E-state index is 13.4. The van der Waals surface area contributed by atoms with Gasteiger partial charge < -0.3 is 4.90 Å². The molecule has 0 fully saturated rings. The lowest BCUT2D eigenvalue weighted by molar-refractivity contribution is -0.143. The number of carbonyl (C=O) groups excluding carboxylic acids is 1. The Morgan fingerprint density at radius 3 is 2.00 bits per heavy atom. The van der Waals surface area contributed by atoms with Gasteiger partial charge >= 0.3 is 12.4 Å². The molecule has 0 aliphatic carbocycles. The molecule has 1 aliphatic rings. The Balaban J connectivity index is 1.83. The maximum Gasteiger partial charge on any atom is 0.416 e. The molecule has 3 aromatic carbocycles. The molecule has 0 saturated carbocycles. The Kier molecular flexibility index (Phi) is 5.72. The number of hydrogen-bond acceptors (Lipinski definition) is 1. The van der Waals surface area contributed by atoms with Gasteiger partial charge in [-0.15, -0.1) is 0 Å². The van der Waals surface area contributed by atoms with Crippen LogP contribution >= 0.6 is 0 Å². The molecule has 1 atom stereocenters. The fourth-order valence-electron chi connectivity index (χ4n) is 4.14. The molecule has 3 aromatic rings. The number of hydrogen-bond donors (Lipinski definition) is 0. The van der Waals surface area contributed by atoms with E-state index in [4.69, 9.17) is 0 Å². The molecule has 172 valence electrons. The van der Waals surface area contributed by atoms with Crippen LogP contribution < -0.4 is 0 Å². The Hall–Kier alpha value is -3.29. The fourth-order valence-corrected chi connectivity index (χ4v) is 4.14. The van der Waals surface area contributed by atoms with Crippen molar-refractivity contribution in [2.75, 3.05) is 6.54 Å². The third-order valence-corrected chi connectivity index (χ3v) is 5.77. The van der Waals surface area contributed by atoms with Crippen LogP contribution in [-0.4, -0.2) is 17.4 Å². The third-order valence-electron chi connectivity index (χ3n) is 5.77. The summed E-state index contributed by atoms with van der Waals surface area (Å²) in [6.45, 7) is 2.05. The molecule has 0 saturated heterocycles. The first-order chi connectivity index (χ1) is 15.4. The molecule has 8 heteroatoms. The monoisotopic (exact) mass is 463 g/mol. The highest BCUT2D eigenvalue weighted by molar-refractivity contribution is 5.95. The van der Waals surface area contributed by atoms with Crippen molar-refractivity contribution in [1.29, 1.82) is 0 Å². The number of nitrogens with zero attached hydrogens (tertiary/aromatic N) is 1. The summed E-state index contributed by atoms with van der Waals surface area (Å²) in [7, 11) is 0. The predicted octanol–water partition coefficient (Wildman–Crippen LogP) is 6.82. The van der Waals surface area contributed by atoms with Crippen LogP contribution in [0.4, 0.5) is 26.3 Å². The van der Waals surface area contributed by atoms with E-state index in [0.717, 1.165) is 22.3 Å². The van der Waals surface area contributed by atoms with Crippen molar-refractivity contribution >= 4 is 5.91 Å². The van der Waals surface area contributed by atoms with Gasteiger partial charge in [-0.05, 0) is 48.2 Å². The molecule has 1 amide bonds. The molecule has 0 spiro atoms. The van der Waals surface area contributed by atoms with Gasteiger partial charge in [0.15, 0.2) is 0 Å². The van der Waals surface area contributed by atoms with E-state index in [2.05, 4.69) is 0 Å². The zero-order valence-electron chi connectivity index (χ0n) is 17.5. The van der Waals surface area contributed by atoms with E-state index in [1.54, 1.807) is 6.07 Å². The molecular weight excluding hydrogens is 444 g/mol. The summed E-state index contributed by atoms with van der Waals surface area (Å²) in [4.78, 5) is 14.8. The van der Waals surface area contributed by atoms with E-state index >= 15 is 0 Å². The molecule has 0 aromatic heterocycles. The van der Waals surface area contributed by atoms with Gasteiger partial charge in [-0.2, -0.15) is 26.3 Å². The topological polar surface area (TPSA) is 20.3 Å². The van der Waals surface area contributed by atoms with E-state index < -0.39 is 41.0 Å². The fraction of sp³-hybridized carbons (Fsp3) is 0.240. The number of halogens is 6. The zero-order valence-corrected chi connectivity index (χ0v) is 17.5. The first-order valence-corrected chi connectivity index (χ1v) is 10.2. The highest BCUT2D eigenvalue weighted by Crippen LogP contribution is 2.39. The summed E-state index contributed by atoms with van der Waals surface area (Å²) >= 11 is 0. The number of carbonyl (C=O) groups is 1. The quantitative estimate of drug-likeness (QED) is 0.382. The molecule has 0 radical (unpaired) electrons. The molecule has 4 rings (SSSR count). The van der Waals surface area contributed by atoms with Crippen molar-refractivity contribution in [3.63, 3.8) is 0 Å². The van der Waals surface area contributed by atoms with Gasteiger partial charge in [-0.3, -0.25) is 4.79 Å². The lowest BCUT2D eigenvalue weighted by Gasteiger charge is -2.38. The van der Waals surface area contributed by atoms with Gasteiger partial charge in [0.05, 0.1) is 17.2 Å². The summed E-state index contributed by atoms with van der Waals surface area (Å²) < 4.78 is 80.0. The number of aryl methyl sites for hydroxylation is 1. The second kappa shape index (κ2) is 8.24. The Morgan fingerprint density at radius 2 is 1.42 bits per heavy atom. The van der Waals surface area contributed by atoms with Crippen LogP contribution in [-0.2, 0) is 18.8 Å². The minimum Gasteiger partial charge on any atom is -0.327 e. The molecule has 33 heavy (non-hydrogen) atoms. The highest BCUT2D eigenvalue weighted by Gasteiger charge is 2.39. The normalized spacial score (nSPS) is 16.5. The van der Waals surface area contributed by atoms with Crippen molar-refractivity contribution in [3.05, 3.63) is 106 Å². The van der Waals surface area contributed by atoms with Crippen LogP contribution in [0.15, 0.2) is 66.7 Å². The van der Waals surface area contributed by atoms with E-state index in [9.17, 15) is 31.1 Å². The standard InChI is InChI=1S/C25H19F6NO/c1-15-6-8-17(9-7-15)22-21-5-3-2-4-16(21)10-11-32(22)23(33)18-12-19(24(26,27)28)14-20(13-18)25(29,30)31/h2-9,12-14,22H,10-11H2,1H3. The van der Waals surface area contributed by atoms with Gasteiger partial charge in [0.25, 0.3) is 5.91 Å². The molecule has 1 unspecified atom stereocenters. The molecule has 1 aliphatic heterocycles. The largest absolute Gasteiger partial charge is 0.416 e. The van der Waals surface area contributed by atoms with Crippen LogP contribution in [0.25, 0.3) is 0 Å². The summed E-state index contributed by atoms with van der Waals surface area (Å²) in [5, 5.41) is 0. The van der Waals surface area contributed by atoms with Gasteiger partial charge in [0, 0.05) is 12.1 Å². The average Bonchev–Trinajstić information content (AvgIpc) is 2.77. The lowest BCUT2D eigenvalue weighted by atomic mass is 9.87. The van der Waals surface area contributed by atoms with Crippen LogP contribution in [0.2, 0.25) is 0 Å². The van der Waals surface area contributed by atoms with Crippen molar-refractivity contribution in [3.8, 4) is 0 Å². The van der Waals surface area contributed by atoms with Crippen molar-refractivity contribution in [2.24, 2.45) is 0 Å². The number of amides is 1. The first kappa shape index (κ1) is 22.9. The summed E-state index contributed by atoms with van der Waals surface area (Å²) in [5.74, 6) is -0.883. The molecule has 0 bridgehead atoms. The van der Waals surface area contributed by atoms with Crippen molar-refractivity contribution in [1.82, 2.24) is 4.90 Å². The predicted molar refractivity (Wildman–Crippen MR) is 111 cm³/mol. The van der Waals surface area contributed by atoms with E-state index in [1.807, 2.05) is 49.4 Å². The van der Waals surface area contributed by atoms with Gasteiger partial charge in [-0.25, -0.2) is 0 Å². The van der Waals surface area contributed by atoms with E-state index in [1.165, 1.54) is 4.90 Å². The van der Waals surface area contributed by atoms with Gasteiger partial charge in [-0.1, -0.05) is 54.1 Å². The minimum absolute atomic E-state index is 0.0275. The smallest absolute Gasteiger partial charge is 0.327 e. The molecule has 2 nitrogen and oxygen atoms in total. The molecule has 0 N–H and O–H groups in total. The number of alkyl halides is 6. The summed E-state index contributed by atoms with van der Waals surface area (Å²) in [6, 6.07) is 15.1. The van der Waals surface area contributed by atoms with Crippen molar-refractivity contribution in [2.45, 2.75) is 31.7 Å². The lowest BCUT2D eigenvalue weighted by Crippen LogP contribution is -2.40.